The fourth-order valence-electron chi connectivity index (χ4n) is 2.46. The van der Waals surface area contributed by atoms with Gasteiger partial charge in [0.15, 0.2) is 12.4 Å². The molecular formula is C21H14F3N3O4. The van der Waals surface area contributed by atoms with Crippen molar-refractivity contribution in [1.29, 1.82) is 5.26 Å². The third-order valence-corrected chi connectivity index (χ3v) is 3.97. The molecule has 3 rings (SSSR count). The predicted octanol–water partition coefficient (Wildman–Crippen LogP) is 3.68. The number of benzene rings is 2. The minimum absolute atomic E-state index is 0.0618. The van der Waals surface area contributed by atoms with Crippen molar-refractivity contribution in [3.05, 3.63) is 77.6 Å². The Morgan fingerprint density at radius 2 is 1.77 bits per heavy atom. The van der Waals surface area contributed by atoms with Gasteiger partial charge in [-0.15, -0.1) is 0 Å². The SMILES string of the molecule is N#Cc1ccc(OCC(=O)NNC(=O)c2ccc(-c3cccc(C(F)(F)F)c3)o2)cc1. The van der Waals surface area contributed by atoms with Crippen molar-refractivity contribution < 1.29 is 31.9 Å². The van der Waals surface area contributed by atoms with E-state index in [1.165, 1.54) is 48.5 Å². The second-order valence-electron chi connectivity index (χ2n) is 6.17. The zero-order valence-electron chi connectivity index (χ0n) is 15.7. The van der Waals surface area contributed by atoms with Crippen molar-refractivity contribution in [1.82, 2.24) is 10.9 Å². The maximum atomic E-state index is 12.8. The van der Waals surface area contributed by atoms with Gasteiger partial charge in [0.05, 0.1) is 17.2 Å². The summed E-state index contributed by atoms with van der Waals surface area (Å²) in [5.41, 5.74) is 3.98. The molecule has 2 aromatic carbocycles. The number of ether oxygens (including phenoxy) is 1. The Morgan fingerprint density at radius 1 is 1.03 bits per heavy atom. The molecule has 0 bridgehead atoms. The summed E-state index contributed by atoms with van der Waals surface area (Å²) in [5, 5.41) is 8.73. The van der Waals surface area contributed by atoms with Crippen molar-refractivity contribution in [2.45, 2.75) is 6.18 Å². The summed E-state index contributed by atoms with van der Waals surface area (Å²) in [6.07, 6.45) is -4.51. The van der Waals surface area contributed by atoms with Crippen LogP contribution in [0.3, 0.4) is 0 Å². The minimum atomic E-state index is -4.51. The van der Waals surface area contributed by atoms with Gasteiger partial charge in [0.2, 0.25) is 0 Å². The molecule has 1 aromatic heterocycles. The Kier molecular flexibility index (Phi) is 6.26. The van der Waals surface area contributed by atoms with Crippen LogP contribution in [0.15, 0.2) is 65.1 Å². The minimum Gasteiger partial charge on any atom is -0.484 e. The molecule has 0 saturated carbocycles. The Bertz CT molecular complexity index is 1130. The van der Waals surface area contributed by atoms with Crippen LogP contribution in [0.2, 0.25) is 0 Å². The van der Waals surface area contributed by atoms with E-state index in [4.69, 9.17) is 14.4 Å². The van der Waals surface area contributed by atoms with Gasteiger partial charge in [0.1, 0.15) is 11.5 Å². The first kappa shape index (κ1) is 21.4. The summed E-state index contributed by atoms with van der Waals surface area (Å²) in [7, 11) is 0. The van der Waals surface area contributed by atoms with Crippen molar-refractivity contribution in [3.63, 3.8) is 0 Å². The number of nitrogens with zero attached hydrogens (tertiary/aromatic N) is 1. The molecule has 0 aliphatic rings. The van der Waals surface area contributed by atoms with Crippen LogP contribution < -0.4 is 15.6 Å². The number of hydrogen-bond acceptors (Lipinski definition) is 5. The van der Waals surface area contributed by atoms with E-state index < -0.39 is 30.2 Å². The molecular weight excluding hydrogens is 415 g/mol. The smallest absolute Gasteiger partial charge is 0.416 e. The van der Waals surface area contributed by atoms with E-state index >= 15 is 0 Å². The number of furan rings is 1. The standard InChI is InChI=1S/C21H14F3N3O4/c22-21(23,24)15-3-1-2-14(10-15)17-8-9-18(31-17)20(29)27-26-19(28)12-30-16-6-4-13(11-25)5-7-16/h1-10H,12H2,(H,26,28)(H,27,29). The van der Waals surface area contributed by atoms with Gasteiger partial charge in [-0.25, -0.2) is 0 Å². The van der Waals surface area contributed by atoms with Gasteiger partial charge in [-0.3, -0.25) is 20.4 Å². The normalized spacial score (nSPS) is 10.8. The lowest BCUT2D eigenvalue weighted by atomic mass is 10.1. The van der Waals surface area contributed by atoms with Gasteiger partial charge < -0.3 is 9.15 Å². The first-order valence-corrected chi connectivity index (χ1v) is 8.76. The highest BCUT2D eigenvalue weighted by Gasteiger charge is 2.30. The van der Waals surface area contributed by atoms with Gasteiger partial charge in [0.25, 0.3) is 5.91 Å². The molecule has 0 atom stereocenters. The topological polar surface area (TPSA) is 104 Å². The fraction of sp³-hybridized carbons (Fsp3) is 0.0952. The second-order valence-corrected chi connectivity index (χ2v) is 6.17. The van der Waals surface area contributed by atoms with E-state index in [-0.39, 0.29) is 17.1 Å². The zero-order valence-corrected chi connectivity index (χ0v) is 15.7. The van der Waals surface area contributed by atoms with Crippen LogP contribution >= 0.6 is 0 Å². The highest BCUT2D eigenvalue weighted by molar-refractivity contribution is 5.93. The van der Waals surface area contributed by atoms with Crippen LogP contribution in [-0.4, -0.2) is 18.4 Å². The van der Waals surface area contributed by atoms with E-state index in [9.17, 15) is 22.8 Å². The van der Waals surface area contributed by atoms with Crippen LogP contribution in [-0.2, 0) is 11.0 Å². The Labute approximate surface area is 174 Å². The monoisotopic (exact) mass is 429 g/mol. The lowest BCUT2D eigenvalue weighted by Gasteiger charge is -2.08. The first-order chi connectivity index (χ1) is 14.8. The highest BCUT2D eigenvalue weighted by atomic mass is 19.4. The zero-order chi connectivity index (χ0) is 22.4. The summed E-state index contributed by atoms with van der Waals surface area (Å²) < 4.78 is 49.0. The van der Waals surface area contributed by atoms with Crippen molar-refractivity contribution in [2.24, 2.45) is 0 Å². The molecule has 2 N–H and O–H groups in total. The van der Waals surface area contributed by atoms with Gasteiger partial charge in [-0.05, 0) is 48.5 Å². The number of nitriles is 1. The number of rotatable bonds is 5. The van der Waals surface area contributed by atoms with Gasteiger partial charge in [-0.1, -0.05) is 12.1 Å². The molecule has 3 aromatic rings. The molecule has 1 heterocycles. The van der Waals surface area contributed by atoms with Crippen LogP contribution in [0.5, 0.6) is 5.75 Å². The largest absolute Gasteiger partial charge is 0.484 e. The Hall–Kier alpha value is -4.26. The third-order valence-electron chi connectivity index (χ3n) is 3.97. The molecule has 0 unspecified atom stereocenters. The number of halogens is 3. The Balaban J connectivity index is 1.54. The number of hydrogen-bond donors (Lipinski definition) is 2. The summed E-state index contributed by atoms with van der Waals surface area (Å²) in [5.74, 6) is -1.25. The van der Waals surface area contributed by atoms with Gasteiger partial charge >= 0.3 is 12.1 Å². The van der Waals surface area contributed by atoms with E-state index in [0.29, 0.717) is 11.3 Å². The average molecular weight is 429 g/mol. The summed E-state index contributed by atoms with van der Waals surface area (Å²) in [6.45, 7) is -0.403. The molecule has 0 fully saturated rings. The molecule has 31 heavy (non-hydrogen) atoms. The molecule has 0 saturated heterocycles. The summed E-state index contributed by atoms with van der Waals surface area (Å²) >= 11 is 0. The molecule has 0 aliphatic heterocycles. The number of hydrazine groups is 1. The number of amides is 2. The lowest BCUT2D eigenvalue weighted by Crippen LogP contribution is -2.43. The lowest BCUT2D eigenvalue weighted by molar-refractivity contribution is -0.137. The van der Waals surface area contributed by atoms with Crippen molar-refractivity contribution in [2.75, 3.05) is 6.61 Å². The fourth-order valence-corrected chi connectivity index (χ4v) is 2.46. The maximum absolute atomic E-state index is 12.8. The molecule has 158 valence electrons. The maximum Gasteiger partial charge on any atom is 0.416 e. The van der Waals surface area contributed by atoms with Crippen molar-refractivity contribution in [3.8, 4) is 23.1 Å². The average Bonchev–Trinajstić information content (AvgIpc) is 3.26. The quantitative estimate of drug-likeness (QED) is 0.602. The van der Waals surface area contributed by atoms with Crippen molar-refractivity contribution >= 4 is 11.8 Å². The molecule has 7 nitrogen and oxygen atoms in total. The predicted molar refractivity (Wildman–Crippen MR) is 101 cm³/mol. The molecule has 10 heteroatoms. The summed E-state index contributed by atoms with van der Waals surface area (Å²) in [4.78, 5) is 23.9. The van der Waals surface area contributed by atoms with E-state index in [1.54, 1.807) is 0 Å². The number of alkyl halides is 3. The van der Waals surface area contributed by atoms with Gasteiger partial charge in [0, 0.05) is 5.56 Å². The molecule has 0 spiro atoms. The number of carbonyl (C=O) groups excluding carboxylic acids is 2. The van der Waals surface area contributed by atoms with Crippen LogP contribution in [0.1, 0.15) is 21.7 Å². The third kappa shape index (κ3) is 5.63. The van der Waals surface area contributed by atoms with E-state index in [1.807, 2.05) is 6.07 Å². The highest BCUT2D eigenvalue weighted by Crippen LogP contribution is 2.32. The molecule has 0 radical (unpaired) electrons. The van der Waals surface area contributed by atoms with Crippen LogP contribution in [0.25, 0.3) is 11.3 Å². The number of nitrogens with one attached hydrogen (secondary N) is 2. The number of carbonyl (C=O) groups is 2. The second kappa shape index (κ2) is 9.04. The molecule has 0 aliphatic carbocycles. The summed E-state index contributed by atoms with van der Waals surface area (Å²) in [6, 6.07) is 15.1. The first-order valence-electron chi connectivity index (χ1n) is 8.76. The van der Waals surface area contributed by atoms with Gasteiger partial charge in [-0.2, -0.15) is 18.4 Å². The molecule has 2 amide bonds. The Morgan fingerprint density at radius 3 is 2.45 bits per heavy atom. The van der Waals surface area contributed by atoms with Crippen LogP contribution in [0.4, 0.5) is 13.2 Å². The van der Waals surface area contributed by atoms with E-state index in [2.05, 4.69) is 10.9 Å². The van der Waals surface area contributed by atoms with Crippen LogP contribution in [0, 0.1) is 11.3 Å². The van der Waals surface area contributed by atoms with E-state index in [0.717, 1.165) is 12.1 Å².